The molecule has 0 fully saturated rings. The quantitative estimate of drug-likeness (QED) is 0.489. The largest absolute Gasteiger partial charge is 0.435 e. The molecule has 0 aliphatic rings. The Morgan fingerprint density at radius 1 is 1.00 bits per heavy atom. The molecule has 2 heteroatoms. The van der Waals surface area contributed by atoms with Crippen molar-refractivity contribution in [3.8, 4) is 0 Å². The first-order valence-electron chi connectivity index (χ1n) is 1.41. The summed E-state index contributed by atoms with van der Waals surface area (Å²) in [4.78, 5) is 8.19. The van der Waals surface area contributed by atoms with E-state index in [4.69, 9.17) is 4.80 Å². The molecule has 0 saturated heterocycles. The predicted octanol–water partition coefficient (Wildman–Crippen LogP) is 1.87. The van der Waals surface area contributed by atoms with E-state index in [1.807, 2.05) is 13.1 Å². The molecule has 0 aliphatic heterocycles. The molecule has 1 nitrogen and oxygen atoms in total. The Morgan fingerprint density at radius 3 is 1.00 bits per heavy atom. The third kappa shape index (κ3) is 3440. The van der Waals surface area contributed by atoms with Crippen LogP contribution < -0.4 is 0 Å². The second-order valence-electron chi connectivity index (χ2n) is 1.09. The average molecular weight is 124 g/mol. The highest BCUT2D eigenvalue weighted by Gasteiger charge is 1.74. The van der Waals surface area contributed by atoms with E-state index < -0.39 is 9.04 Å². The van der Waals surface area contributed by atoms with Crippen molar-refractivity contribution in [1.29, 1.82) is 0 Å². The average Bonchev–Trinajstić information content (AvgIpc) is 0.811. The molecule has 7 heavy (non-hydrogen) atoms. The molecule has 0 heterocycles. The molecule has 1 N–H and O–H groups in total. The molecule has 0 saturated carbocycles. The fourth-order valence-electron chi connectivity index (χ4n) is 0. The van der Waals surface area contributed by atoms with E-state index in [0.717, 1.165) is 0 Å². The summed E-state index contributed by atoms with van der Waals surface area (Å²) >= 11 is 0. The van der Waals surface area contributed by atoms with Crippen molar-refractivity contribution in [2.45, 2.75) is 35.4 Å². The lowest BCUT2D eigenvalue weighted by atomic mass is 11.9. The Balaban J connectivity index is -0.0000000150. The summed E-state index contributed by atoms with van der Waals surface area (Å²) < 4.78 is 0. The van der Waals surface area contributed by atoms with Gasteiger partial charge in [0, 0.05) is 0 Å². The van der Waals surface area contributed by atoms with Crippen molar-refractivity contribution >= 4 is 9.04 Å². The fourth-order valence-corrected chi connectivity index (χ4v) is 0. The minimum Gasteiger partial charge on any atom is -0.435 e. The first kappa shape index (κ1) is 27.1. The molecule has 0 atom stereocenters. The molecule has 0 spiro atoms. The molecule has 0 aliphatic carbocycles. The van der Waals surface area contributed by atoms with Crippen molar-refractivity contribution in [2.75, 3.05) is 0 Å². The number of rotatable bonds is 0. The molecule has 0 unspecified atom stereocenters. The predicted molar refractivity (Wildman–Crippen MR) is 41.3 cm³/mol. The zero-order valence-electron chi connectivity index (χ0n) is 3.02. The minimum atomic E-state index is -1.14. The van der Waals surface area contributed by atoms with E-state index in [9.17, 15) is 0 Å². The van der Waals surface area contributed by atoms with Gasteiger partial charge in [0.15, 0.2) is 9.04 Å². The van der Waals surface area contributed by atoms with Crippen LogP contribution in [-0.4, -0.2) is 13.8 Å². The van der Waals surface area contributed by atoms with E-state index in [1.54, 1.807) is 0 Å². The third-order valence-electron chi connectivity index (χ3n) is 0. The monoisotopic (exact) mass is 124 g/mol. The van der Waals surface area contributed by atoms with Crippen molar-refractivity contribution in [1.82, 2.24) is 0 Å². The molecular weight excluding hydrogens is 104 g/mol. The molecule has 0 aromatic carbocycles. The van der Waals surface area contributed by atoms with Crippen molar-refractivity contribution in [3.63, 3.8) is 0 Å². The standard InChI is InChI=1S/C2H8OSi.3CH4/c1-4(2)3;;;/h3-4H,1-2H3;3*1H4. The topological polar surface area (TPSA) is 20.2 Å². The summed E-state index contributed by atoms with van der Waals surface area (Å²) in [7, 11) is -1.14. The summed E-state index contributed by atoms with van der Waals surface area (Å²) in [6, 6.07) is 0. The van der Waals surface area contributed by atoms with Gasteiger partial charge >= 0.3 is 0 Å². The van der Waals surface area contributed by atoms with E-state index in [0.29, 0.717) is 0 Å². The van der Waals surface area contributed by atoms with Crippen LogP contribution in [0.15, 0.2) is 0 Å². The smallest absolute Gasteiger partial charge is 0.166 e. The van der Waals surface area contributed by atoms with Gasteiger partial charge in [-0.15, -0.1) is 0 Å². The van der Waals surface area contributed by atoms with Gasteiger partial charge in [0.1, 0.15) is 0 Å². The van der Waals surface area contributed by atoms with Crippen molar-refractivity contribution in [2.24, 2.45) is 0 Å². The third-order valence-corrected chi connectivity index (χ3v) is 0. The van der Waals surface area contributed by atoms with Crippen LogP contribution in [0.1, 0.15) is 22.3 Å². The van der Waals surface area contributed by atoms with E-state index >= 15 is 0 Å². The maximum absolute atomic E-state index is 8.19. The molecule has 50 valence electrons. The Hall–Kier alpha value is 0.177. The van der Waals surface area contributed by atoms with Crippen LogP contribution in [0.2, 0.25) is 13.1 Å². The van der Waals surface area contributed by atoms with Gasteiger partial charge in [-0.2, -0.15) is 0 Å². The van der Waals surface area contributed by atoms with Crippen LogP contribution in [0, 0.1) is 0 Å². The minimum absolute atomic E-state index is 0. The van der Waals surface area contributed by atoms with E-state index in [1.165, 1.54) is 0 Å². The lowest BCUT2D eigenvalue weighted by Crippen LogP contribution is -1.93. The molecule has 0 aromatic rings. The number of hydrogen-bond donors (Lipinski definition) is 1. The molecule has 0 aromatic heterocycles. The van der Waals surface area contributed by atoms with Crippen LogP contribution in [0.5, 0.6) is 0 Å². The lowest BCUT2D eigenvalue weighted by Gasteiger charge is -1.76. The van der Waals surface area contributed by atoms with E-state index in [-0.39, 0.29) is 22.3 Å². The van der Waals surface area contributed by atoms with Gasteiger partial charge in [-0.25, -0.2) is 0 Å². The highest BCUT2D eigenvalue weighted by atomic mass is 28.3. The van der Waals surface area contributed by atoms with Gasteiger partial charge in [0.05, 0.1) is 0 Å². The van der Waals surface area contributed by atoms with Gasteiger partial charge in [0.2, 0.25) is 0 Å². The summed E-state index contributed by atoms with van der Waals surface area (Å²) in [6.07, 6.45) is 0. The molecule has 0 rings (SSSR count). The summed E-state index contributed by atoms with van der Waals surface area (Å²) in [5.74, 6) is 0. The van der Waals surface area contributed by atoms with Gasteiger partial charge in [-0.3, -0.25) is 0 Å². The maximum atomic E-state index is 8.19. The summed E-state index contributed by atoms with van der Waals surface area (Å²) in [6.45, 7) is 3.72. The summed E-state index contributed by atoms with van der Waals surface area (Å²) in [5, 5.41) is 0. The van der Waals surface area contributed by atoms with E-state index in [2.05, 4.69) is 0 Å². The zero-order valence-corrected chi connectivity index (χ0v) is 4.18. The van der Waals surface area contributed by atoms with Crippen LogP contribution in [-0.2, 0) is 0 Å². The van der Waals surface area contributed by atoms with Crippen LogP contribution in [0.25, 0.3) is 0 Å². The molecule has 0 radical (unpaired) electrons. The first-order chi connectivity index (χ1) is 1.73. The van der Waals surface area contributed by atoms with Crippen LogP contribution >= 0.6 is 0 Å². The first-order valence-corrected chi connectivity index (χ1v) is 4.24. The second kappa shape index (κ2) is 16.4. The highest BCUT2D eigenvalue weighted by Crippen LogP contribution is 1.60. The van der Waals surface area contributed by atoms with Crippen LogP contribution in [0.3, 0.4) is 0 Å². The van der Waals surface area contributed by atoms with Crippen molar-refractivity contribution in [3.05, 3.63) is 0 Å². The Morgan fingerprint density at radius 2 is 1.00 bits per heavy atom. The van der Waals surface area contributed by atoms with Gasteiger partial charge < -0.3 is 4.80 Å². The fraction of sp³-hybridized carbons (Fsp3) is 1.00. The maximum Gasteiger partial charge on any atom is 0.166 e. The summed E-state index contributed by atoms with van der Waals surface area (Å²) in [5.41, 5.74) is 0. The normalized spacial score (nSPS) is 5.14. The van der Waals surface area contributed by atoms with Crippen LogP contribution in [0.4, 0.5) is 0 Å². The molecular formula is C5H20OSi. The molecule has 0 amide bonds. The van der Waals surface area contributed by atoms with Gasteiger partial charge in [-0.1, -0.05) is 22.3 Å². The zero-order chi connectivity index (χ0) is 3.58. The Labute approximate surface area is 50.1 Å². The number of hydrogen-bond acceptors (Lipinski definition) is 1. The van der Waals surface area contributed by atoms with Gasteiger partial charge in [0.25, 0.3) is 0 Å². The molecule has 0 bridgehead atoms. The highest BCUT2D eigenvalue weighted by molar-refractivity contribution is 6.46. The SMILES string of the molecule is C.C.C.C[SiH](C)O. The second-order valence-corrected chi connectivity index (χ2v) is 3.28. The van der Waals surface area contributed by atoms with Gasteiger partial charge in [-0.05, 0) is 13.1 Å². The Kier molecular flexibility index (Phi) is 63.6. The Bertz CT molecular complexity index is 12.8. The van der Waals surface area contributed by atoms with Crippen molar-refractivity contribution < 1.29 is 4.80 Å². The lowest BCUT2D eigenvalue weighted by molar-refractivity contribution is 0.587.